The standard InChI is InChI=1S/C22H31NO3/c1-24-20-4-2-3-18(13-20)21-9-10-23(14-17-5-6-17)15-19(21)7-8-22(16-21)25-11-12-26-22/h2-4,13,17,19H,5-12,14-16H2,1H3/t19-,21+/m1/s1. The van der Waals surface area contributed by atoms with Crippen molar-refractivity contribution < 1.29 is 14.2 Å². The van der Waals surface area contributed by atoms with Crippen molar-refractivity contribution in [3.63, 3.8) is 0 Å². The van der Waals surface area contributed by atoms with Gasteiger partial charge in [0.15, 0.2) is 5.79 Å². The van der Waals surface area contributed by atoms with Crippen LogP contribution >= 0.6 is 0 Å². The summed E-state index contributed by atoms with van der Waals surface area (Å²) in [5.41, 5.74) is 1.57. The lowest BCUT2D eigenvalue weighted by Crippen LogP contribution is -2.57. The van der Waals surface area contributed by atoms with Gasteiger partial charge in [-0.15, -0.1) is 0 Å². The van der Waals surface area contributed by atoms with Crippen LogP contribution in [0.1, 0.15) is 44.1 Å². The molecule has 4 heteroatoms. The summed E-state index contributed by atoms with van der Waals surface area (Å²) in [5.74, 6) is 2.26. The van der Waals surface area contributed by atoms with Crippen LogP contribution < -0.4 is 4.74 Å². The molecule has 1 spiro atoms. The first-order valence-corrected chi connectivity index (χ1v) is 10.4. The number of piperidine rings is 1. The summed E-state index contributed by atoms with van der Waals surface area (Å²) in [7, 11) is 1.76. The summed E-state index contributed by atoms with van der Waals surface area (Å²) in [6.45, 7) is 5.21. The minimum Gasteiger partial charge on any atom is -0.497 e. The summed E-state index contributed by atoms with van der Waals surface area (Å²) in [6.07, 6.45) is 7.31. The van der Waals surface area contributed by atoms with Crippen molar-refractivity contribution in [1.82, 2.24) is 4.90 Å². The Morgan fingerprint density at radius 1 is 1.15 bits per heavy atom. The first-order chi connectivity index (χ1) is 12.7. The molecule has 2 aliphatic heterocycles. The largest absolute Gasteiger partial charge is 0.497 e. The highest BCUT2D eigenvalue weighted by molar-refractivity contribution is 5.36. The van der Waals surface area contributed by atoms with E-state index in [2.05, 4.69) is 29.2 Å². The lowest BCUT2D eigenvalue weighted by Gasteiger charge is -2.55. The average Bonchev–Trinajstić information content (AvgIpc) is 3.39. The van der Waals surface area contributed by atoms with Crippen LogP contribution in [0.5, 0.6) is 5.75 Å². The molecular weight excluding hydrogens is 326 g/mol. The lowest BCUT2D eigenvalue weighted by atomic mass is 9.57. The zero-order chi connectivity index (χ0) is 17.6. The SMILES string of the molecule is COc1cccc([C@@]23CCN(CC4CC4)C[C@H]2CCC2(C3)OCCO2)c1. The van der Waals surface area contributed by atoms with E-state index in [1.807, 2.05) is 0 Å². The van der Waals surface area contributed by atoms with Crippen LogP contribution in [0.4, 0.5) is 0 Å². The second-order valence-electron chi connectivity index (χ2n) is 8.86. The summed E-state index contributed by atoms with van der Waals surface area (Å²) < 4.78 is 17.9. The Kier molecular flexibility index (Phi) is 4.26. The second-order valence-corrected chi connectivity index (χ2v) is 8.86. The van der Waals surface area contributed by atoms with Crippen LogP contribution in [0.25, 0.3) is 0 Å². The van der Waals surface area contributed by atoms with Crippen LogP contribution in [0.2, 0.25) is 0 Å². The van der Waals surface area contributed by atoms with Crippen molar-refractivity contribution in [3.8, 4) is 5.75 Å². The van der Waals surface area contributed by atoms with Crippen molar-refractivity contribution in [2.75, 3.05) is 40.0 Å². The minimum atomic E-state index is -0.349. The van der Waals surface area contributed by atoms with Crippen LogP contribution in [-0.4, -0.2) is 50.6 Å². The first-order valence-electron chi connectivity index (χ1n) is 10.4. The average molecular weight is 357 g/mol. The Balaban J connectivity index is 1.47. The van der Waals surface area contributed by atoms with E-state index >= 15 is 0 Å². The summed E-state index contributed by atoms with van der Waals surface area (Å²) >= 11 is 0. The fraction of sp³-hybridized carbons (Fsp3) is 0.727. The molecule has 26 heavy (non-hydrogen) atoms. The van der Waals surface area contributed by atoms with Gasteiger partial charge in [-0.25, -0.2) is 0 Å². The smallest absolute Gasteiger partial charge is 0.169 e. The number of rotatable bonds is 4. The molecule has 0 aromatic heterocycles. The van der Waals surface area contributed by atoms with Gasteiger partial charge in [0.1, 0.15) is 5.75 Å². The number of ether oxygens (including phenoxy) is 3. The predicted molar refractivity (Wildman–Crippen MR) is 100 cm³/mol. The highest BCUT2D eigenvalue weighted by atomic mass is 16.7. The fourth-order valence-corrected chi connectivity index (χ4v) is 5.69. The molecule has 0 bridgehead atoms. The molecule has 1 aromatic rings. The molecule has 1 aromatic carbocycles. The van der Waals surface area contributed by atoms with E-state index in [0.29, 0.717) is 5.92 Å². The summed E-state index contributed by atoms with van der Waals surface area (Å²) in [6, 6.07) is 8.77. The third-order valence-electron chi connectivity index (χ3n) is 7.26. The van der Waals surface area contributed by atoms with Gasteiger partial charge in [0.25, 0.3) is 0 Å². The number of methoxy groups -OCH3 is 1. The van der Waals surface area contributed by atoms with E-state index in [1.54, 1.807) is 7.11 Å². The maximum Gasteiger partial charge on any atom is 0.169 e. The highest BCUT2D eigenvalue weighted by Crippen LogP contribution is 2.54. The molecule has 2 saturated carbocycles. The fourth-order valence-electron chi connectivity index (χ4n) is 5.69. The highest BCUT2D eigenvalue weighted by Gasteiger charge is 2.55. The van der Waals surface area contributed by atoms with Gasteiger partial charge >= 0.3 is 0 Å². The van der Waals surface area contributed by atoms with E-state index in [4.69, 9.17) is 14.2 Å². The maximum atomic E-state index is 6.17. The number of nitrogens with zero attached hydrogens (tertiary/aromatic N) is 1. The Labute approximate surface area is 156 Å². The monoisotopic (exact) mass is 357 g/mol. The molecule has 0 N–H and O–H groups in total. The normalized spacial score (nSPS) is 34.0. The summed E-state index contributed by atoms with van der Waals surface area (Å²) in [4.78, 5) is 2.73. The van der Waals surface area contributed by atoms with Gasteiger partial charge in [-0.3, -0.25) is 0 Å². The first kappa shape index (κ1) is 17.0. The Hall–Kier alpha value is -1.10. The Morgan fingerprint density at radius 2 is 2.00 bits per heavy atom. The number of hydrogen-bond acceptors (Lipinski definition) is 4. The van der Waals surface area contributed by atoms with Crippen LogP contribution in [0.15, 0.2) is 24.3 Å². The Morgan fingerprint density at radius 3 is 2.77 bits per heavy atom. The van der Waals surface area contributed by atoms with Gasteiger partial charge in [-0.05, 0) is 61.8 Å². The van der Waals surface area contributed by atoms with Gasteiger partial charge in [-0.1, -0.05) is 12.1 Å². The third-order valence-corrected chi connectivity index (χ3v) is 7.26. The molecule has 2 atom stereocenters. The molecular formula is C22H31NO3. The van der Waals surface area contributed by atoms with Crippen LogP contribution in [0.3, 0.4) is 0 Å². The maximum absolute atomic E-state index is 6.17. The second kappa shape index (κ2) is 6.50. The van der Waals surface area contributed by atoms with Gasteiger partial charge in [-0.2, -0.15) is 0 Å². The quantitative estimate of drug-likeness (QED) is 0.824. The van der Waals surface area contributed by atoms with E-state index in [0.717, 1.165) is 37.7 Å². The van der Waals surface area contributed by atoms with E-state index in [9.17, 15) is 0 Å². The number of hydrogen-bond donors (Lipinski definition) is 0. The van der Waals surface area contributed by atoms with E-state index < -0.39 is 0 Å². The molecule has 0 radical (unpaired) electrons. The van der Waals surface area contributed by atoms with Crippen molar-refractivity contribution in [2.45, 2.75) is 49.7 Å². The molecule has 4 nitrogen and oxygen atoms in total. The van der Waals surface area contributed by atoms with Crippen LogP contribution in [-0.2, 0) is 14.9 Å². The summed E-state index contributed by atoms with van der Waals surface area (Å²) in [5, 5.41) is 0. The third kappa shape index (κ3) is 2.96. The molecule has 0 unspecified atom stereocenters. The molecule has 2 saturated heterocycles. The van der Waals surface area contributed by atoms with Crippen molar-refractivity contribution in [1.29, 1.82) is 0 Å². The van der Waals surface area contributed by atoms with E-state index in [-0.39, 0.29) is 11.2 Å². The van der Waals surface area contributed by atoms with Gasteiger partial charge in [0.05, 0.1) is 20.3 Å². The number of likely N-dealkylation sites (tertiary alicyclic amines) is 1. The van der Waals surface area contributed by atoms with Gasteiger partial charge in [0, 0.05) is 31.3 Å². The topological polar surface area (TPSA) is 30.9 Å². The molecule has 4 aliphatic rings. The van der Waals surface area contributed by atoms with Crippen molar-refractivity contribution >= 4 is 0 Å². The van der Waals surface area contributed by atoms with Gasteiger partial charge in [0.2, 0.25) is 0 Å². The number of benzene rings is 1. The predicted octanol–water partition coefficient (Wildman–Crippen LogP) is 3.59. The molecule has 4 fully saturated rings. The molecule has 5 rings (SSSR count). The van der Waals surface area contributed by atoms with Crippen LogP contribution in [0, 0.1) is 11.8 Å². The molecule has 142 valence electrons. The lowest BCUT2D eigenvalue weighted by molar-refractivity contribution is -0.207. The molecule has 2 aliphatic carbocycles. The zero-order valence-electron chi connectivity index (χ0n) is 15.9. The Bertz CT molecular complexity index is 653. The minimum absolute atomic E-state index is 0.150. The molecule has 0 amide bonds. The van der Waals surface area contributed by atoms with Gasteiger partial charge < -0.3 is 19.1 Å². The number of fused-ring (bicyclic) bond motifs is 1. The molecule has 2 heterocycles. The van der Waals surface area contributed by atoms with Crippen molar-refractivity contribution in [2.24, 2.45) is 11.8 Å². The van der Waals surface area contributed by atoms with E-state index in [1.165, 1.54) is 50.9 Å². The van der Waals surface area contributed by atoms with Crippen molar-refractivity contribution in [3.05, 3.63) is 29.8 Å². The zero-order valence-corrected chi connectivity index (χ0v) is 15.9.